The van der Waals surface area contributed by atoms with Gasteiger partial charge in [-0.25, -0.2) is 13.1 Å². The Bertz CT molecular complexity index is 556. The topological polar surface area (TPSA) is 103 Å². The summed E-state index contributed by atoms with van der Waals surface area (Å²) >= 11 is 0. The molecule has 1 aliphatic rings. The van der Waals surface area contributed by atoms with E-state index in [1.54, 1.807) is 6.07 Å². The van der Waals surface area contributed by atoms with E-state index in [1.807, 2.05) is 0 Å². The van der Waals surface area contributed by atoms with E-state index in [9.17, 15) is 8.42 Å². The van der Waals surface area contributed by atoms with Gasteiger partial charge in [0, 0.05) is 6.54 Å². The van der Waals surface area contributed by atoms with Crippen LogP contribution in [0.1, 0.15) is 0 Å². The summed E-state index contributed by atoms with van der Waals surface area (Å²) in [6.45, 7) is 2.30. The Labute approximate surface area is 118 Å². The van der Waals surface area contributed by atoms with Crippen LogP contribution in [0.4, 0.5) is 11.4 Å². The Morgan fingerprint density at radius 3 is 2.80 bits per heavy atom. The van der Waals surface area contributed by atoms with Crippen LogP contribution in [0.25, 0.3) is 0 Å². The summed E-state index contributed by atoms with van der Waals surface area (Å²) in [5.41, 5.74) is 6.91. The normalized spacial score (nSPS) is 19.8. The highest BCUT2D eigenvalue weighted by Gasteiger charge is 2.16. The molecule has 1 aromatic rings. The van der Waals surface area contributed by atoms with Gasteiger partial charge in [0.05, 0.1) is 42.2 Å². The predicted molar refractivity (Wildman–Crippen MR) is 76.1 cm³/mol. The highest BCUT2D eigenvalue weighted by atomic mass is 32.2. The highest BCUT2D eigenvalue weighted by molar-refractivity contribution is 7.89. The van der Waals surface area contributed by atoms with Crippen molar-refractivity contribution >= 4 is 21.4 Å². The van der Waals surface area contributed by atoms with Crippen molar-refractivity contribution in [3.63, 3.8) is 0 Å². The Hall–Kier alpha value is -1.35. The van der Waals surface area contributed by atoms with E-state index in [-0.39, 0.29) is 11.0 Å². The van der Waals surface area contributed by atoms with E-state index in [2.05, 4.69) is 10.0 Å². The fraction of sp³-hybridized carbons (Fsp3) is 0.500. The van der Waals surface area contributed by atoms with Gasteiger partial charge in [-0.1, -0.05) is 0 Å². The van der Waals surface area contributed by atoms with Crippen LogP contribution in [-0.2, 0) is 19.5 Å². The van der Waals surface area contributed by atoms with E-state index in [0.29, 0.717) is 37.7 Å². The summed E-state index contributed by atoms with van der Waals surface area (Å²) < 4.78 is 36.3. The zero-order valence-electron chi connectivity index (χ0n) is 11.3. The first-order chi connectivity index (χ1) is 9.53. The van der Waals surface area contributed by atoms with Crippen molar-refractivity contribution in [3.05, 3.63) is 18.2 Å². The third kappa shape index (κ3) is 3.60. The zero-order valence-corrected chi connectivity index (χ0v) is 12.1. The van der Waals surface area contributed by atoms with Crippen LogP contribution < -0.4 is 15.8 Å². The molecule has 0 amide bonds. The van der Waals surface area contributed by atoms with Gasteiger partial charge in [0.2, 0.25) is 10.0 Å². The van der Waals surface area contributed by atoms with E-state index >= 15 is 0 Å². The Morgan fingerprint density at radius 2 is 2.20 bits per heavy atom. The Balaban J connectivity index is 2.02. The van der Waals surface area contributed by atoms with Crippen LogP contribution in [0.5, 0.6) is 0 Å². The minimum Gasteiger partial charge on any atom is -0.397 e. The number of nitrogen functional groups attached to an aromatic ring is 1. The average Bonchev–Trinajstić information content (AvgIpc) is 2.47. The molecule has 112 valence electrons. The molecule has 1 saturated heterocycles. The lowest BCUT2D eigenvalue weighted by Crippen LogP contribution is -2.34. The highest BCUT2D eigenvalue weighted by Crippen LogP contribution is 2.22. The van der Waals surface area contributed by atoms with Crippen molar-refractivity contribution in [3.8, 4) is 0 Å². The second-order valence-electron chi connectivity index (χ2n) is 4.41. The van der Waals surface area contributed by atoms with Crippen LogP contribution in [-0.4, -0.2) is 47.9 Å². The van der Waals surface area contributed by atoms with Gasteiger partial charge in [0.15, 0.2) is 0 Å². The molecule has 0 radical (unpaired) electrons. The largest absolute Gasteiger partial charge is 0.397 e. The standard InChI is InChI=1S/C12H19N3O4S/c1-14-20(16,17)10-2-3-12(11(13)6-10)15-7-9-8-18-4-5-19-9/h2-3,6,9,14-15H,4-5,7-8,13H2,1H3. The maximum atomic E-state index is 11.6. The van der Waals surface area contributed by atoms with Crippen LogP contribution in [0.3, 0.4) is 0 Å². The van der Waals surface area contributed by atoms with Gasteiger partial charge in [0.1, 0.15) is 0 Å². The summed E-state index contributed by atoms with van der Waals surface area (Å²) in [4.78, 5) is 0.139. The van der Waals surface area contributed by atoms with Crippen molar-refractivity contribution in [2.75, 3.05) is 44.5 Å². The van der Waals surface area contributed by atoms with Crippen molar-refractivity contribution in [2.45, 2.75) is 11.0 Å². The Kier molecular flexibility index (Phi) is 4.81. The van der Waals surface area contributed by atoms with Crippen LogP contribution in [0.2, 0.25) is 0 Å². The van der Waals surface area contributed by atoms with Gasteiger partial charge in [-0.2, -0.15) is 0 Å². The number of nitrogens with two attached hydrogens (primary N) is 1. The quantitative estimate of drug-likeness (QED) is 0.662. The number of anilines is 2. The number of hydrogen-bond donors (Lipinski definition) is 3. The van der Waals surface area contributed by atoms with Gasteiger partial charge in [-0.05, 0) is 25.2 Å². The molecule has 0 spiro atoms. The first kappa shape index (κ1) is 15.0. The molecule has 7 nitrogen and oxygen atoms in total. The van der Waals surface area contributed by atoms with E-state index < -0.39 is 10.0 Å². The molecule has 0 aromatic heterocycles. The molecule has 0 aliphatic carbocycles. The van der Waals surface area contributed by atoms with E-state index in [0.717, 1.165) is 0 Å². The third-order valence-corrected chi connectivity index (χ3v) is 4.42. The van der Waals surface area contributed by atoms with Crippen LogP contribution >= 0.6 is 0 Å². The SMILES string of the molecule is CNS(=O)(=O)c1ccc(NCC2COCCO2)c(N)c1. The third-order valence-electron chi connectivity index (χ3n) is 3.01. The van der Waals surface area contributed by atoms with Gasteiger partial charge < -0.3 is 20.5 Å². The lowest BCUT2D eigenvalue weighted by molar-refractivity contribution is -0.0818. The number of nitrogens with one attached hydrogen (secondary N) is 2. The monoisotopic (exact) mass is 301 g/mol. The van der Waals surface area contributed by atoms with Crippen molar-refractivity contribution in [1.82, 2.24) is 4.72 Å². The molecule has 1 aromatic carbocycles. The number of sulfonamides is 1. The summed E-state index contributed by atoms with van der Waals surface area (Å²) in [7, 11) is -2.12. The second kappa shape index (κ2) is 6.40. The molecule has 1 fully saturated rings. The van der Waals surface area contributed by atoms with Crippen molar-refractivity contribution in [2.24, 2.45) is 0 Å². The molecule has 1 atom stereocenters. The first-order valence-electron chi connectivity index (χ1n) is 6.29. The number of ether oxygens (including phenoxy) is 2. The molecule has 20 heavy (non-hydrogen) atoms. The smallest absolute Gasteiger partial charge is 0.240 e. The van der Waals surface area contributed by atoms with E-state index in [1.165, 1.54) is 19.2 Å². The zero-order chi connectivity index (χ0) is 14.6. The molecule has 1 aliphatic heterocycles. The molecule has 2 rings (SSSR count). The molecule has 0 saturated carbocycles. The summed E-state index contributed by atoms with van der Waals surface area (Å²) in [5.74, 6) is 0. The molecular weight excluding hydrogens is 282 g/mol. The summed E-state index contributed by atoms with van der Waals surface area (Å²) in [6.07, 6.45) is -0.0242. The molecule has 0 bridgehead atoms. The van der Waals surface area contributed by atoms with Gasteiger partial charge in [-0.3, -0.25) is 0 Å². The maximum absolute atomic E-state index is 11.6. The maximum Gasteiger partial charge on any atom is 0.240 e. The number of hydrogen-bond acceptors (Lipinski definition) is 6. The van der Waals surface area contributed by atoms with Crippen LogP contribution in [0, 0.1) is 0 Å². The number of benzene rings is 1. The van der Waals surface area contributed by atoms with E-state index in [4.69, 9.17) is 15.2 Å². The number of rotatable bonds is 5. The minimum absolute atomic E-state index is 0.0242. The molecule has 4 N–H and O–H groups in total. The fourth-order valence-corrected chi connectivity index (χ4v) is 2.63. The predicted octanol–water partition coefficient (Wildman–Crippen LogP) is 0.00420. The van der Waals surface area contributed by atoms with Gasteiger partial charge in [0.25, 0.3) is 0 Å². The lowest BCUT2D eigenvalue weighted by Gasteiger charge is -2.23. The fourth-order valence-electron chi connectivity index (χ4n) is 1.87. The molecule has 1 heterocycles. The average molecular weight is 301 g/mol. The molecule has 8 heteroatoms. The van der Waals surface area contributed by atoms with Gasteiger partial charge in [-0.15, -0.1) is 0 Å². The first-order valence-corrected chi connectivity index (χ1v) is 7.77. The second-order valence-corrected chi connectivity index (χ2v) is 6.29. The molecule has 1 unspecified atom stereocenters. The molecular formula is C12H19N3O4S. The van der Waals surface area contributed by atoms with Gasteiger partial charge >= 0.3 is 0 Å². The Morgan fingerprint density at radius 1 is 1.40 bits per heavy atom. The summed E-state index contributed by atoms with van der Waals surface area (Å²) in [5, 5.41) is 3.13. The lowest BCUT2D eigenvalue weighted by atomic mass is 10.2. The summed E-state index contributed by atoms with van der Waals surface area (Å²) in [6, 6.07) is 4.57. The van der Waals surface area contributed by atoms with Crippen molar-refractivity contribution in [1.29, 1.82) is 0 Å². The van der Waals surface area contributed by atoms with Crippen molar-refractivity contribution < 1.29 is 17.9 Å². The minimum atomic E-state index is -3.48. The van der Waals surface area contributed by atoms with Crippen LogP contribution in [0.15, 0.2) is 23.1 Å².